The Balaban J connectivity index is 1.49. The Morgan fingerprint density at radius 1 is 1.20 bits per heavy atom. The Hall–Kier alpha value is -2.95. The van der Waals surface area contributed by atoms with Crippen molar-refractivity contribution in [3.8, 4) is 0 Å². The fraction of sp³-hybridized carbons (Fsp3) is 0.0526. The van der Waals surface area contributed by atoms with Gasteiger partial charge in [0, 0.05) is 23.3 Å². The van der Waals surface area contributed by atoms with E-state index in [1.165, 1.54) is 29.5 Å². The first-order chi connectivity index (χ1) is 14.3. The molecule has 4 aromatic rings. The number of hydrogen-bond acceptors (Lipinski definition) is 5. The van der Waals surface area contributed by atoms with Crippen LogP contribution in [0.1, 0.15) is 16.1 Å². The highest BCUT2D eigenvalue weighted by Crippen LogP contribution is 2.26. The summed E-state index contributed by atoms with van der Waals surface area (Å²) in [6.07, 6.45) is 3.69. The lowest BCUT2D eigenvalue weighted by molar-refractivity contribution is 0.0950. The number of anilines is 1. The van der Waals surface area contributed by atoms with Crippen molar-refractivity contribution in [3.63, 3.8) is 0 Å². The Kier molecular flexibility index (Phi) is 5.46. The monoisotopic (exact) mass is 464 g/mol. The first kappa shape index (κ1) is 20.3. The molecule has 0 bridgehead atoms. The Labute approximate surface area is 180 Å². The first-order valence-corrected chi connectivity index (χ1v) is 11.3. The van der Waals surface area contributed by atoms with Crippen molar-refractivity contribution in [3.05, 3.63) is 82.3 Å². The van der Waals surface area contributed by atoms with Gasteiger partial charge in [-0.3, -0.25) is 13.9 Å². The summed E-state index contributed by atoms with van der Waals surface area (Å²) in [5, 5.41) is 4.77. The summed E-state index contributed by atoms with van der Waals surface area (Å²) in [5.41, 5.74) is 0.953. The topological polar surface area (TPSA) is 92.6 Å². The highest BCUT2D eigenvalue weighted by atomic mass is 35.5. The van der Waals surface area contributed by atoms with Crippen LogP contribution in [0.5, 0.6) is 0 Å². The van der Waals surface area contributed by atoms with Crippen LogP contribution in [0.2, 0.25) is 5.02 Å². The van der Waals surface area contributed by atoms with Crippen LogP contribution in [-0.4, -0.2) is 23.7 Å². The number of halogens is 2. The van der Waals surface area contributed by atoms with Crippen LogP contribution in [0.25, 0.3) is 4.96 Å². The van der Waals surface area contributed by atoms with Gasteiger partial charge in [-0.2, -0.15) is 0 Å². The molecule has 0 fully saturated rings. The minimum Gasteiger partial charge on any atom is -0.346 e. The summed E-state index contributed by atoms with van der Waals surface area (Å²) >= 11 is 7.58. The summed E-state index contributed by atoms with van der Waals surface area (Å²) < 4.78 is 42.3. The first-order valence-electron chi connectivity index (χ1n) is 8.59. The van der Waals surface area contributed by atoms with Gasteiger partial charge in [0.25, 0.3) is 15.9 Å². The minimum atomic E-state index is -4.00. The van der Waals surface area contributed by atoms with Gasteiger partial charge >= 0.3 is 0 Å². The van der Waals surface area contributed by atoms with E-state index in [1.807, 2.05) is 22.2 Å². The van der Waals surface area contributed by atoms with Crippen LogP contribution < -0.4 is 10.0 Å². The van der Waals surface area contributed by atoms with Crippen LogP contribution in [0.15, 0.2) is 65.1 Å². The van der Waals surface area contributed by atoms with Crippen molar-refractivity contribution >= 4 is 49.5 Å². The van der Waals surface area contributed by atoms with Crippen LogP contribution >= 0.6 is 22.9 Å². The van der Waals surface area contributed by atoms with Crippen LogP contribution in [-0.2, 0) is 16.6 Å². The van der Waals surface area contributed by atoms with Gasteiger partial charge in [0.05, 0.1) is 27.8 Å². The summed E-state index contributed by atoms with van der Waals surface area (Å²) in [6.45, 7) is 0.215. The smallest absolute Gasteiger partial charge is 0.261 e. The molecule has 7 nitrogen and oxygen atoms in total. The maximum atomic E-state index is 13.1. The highest BCUT2D eigenvalue weighted by Gasteiger charge is 2.17. The van der Waals surface area contributed by atoms with E-state index in [4.69, 9.17) is 11.6 Å². The van der Waals surface area contributed by atoms with Crippen LogP contribution in [0.3, 0.4) is 0 Å². The molecule has 0 radical (unpaired) electrons. The zero-order valence-corrected chi connectivity index (χ0v) is 17.6. The zero-order chi connectivity index (χ0) is 21.3. The van der Waals surface area contributed by atoms with Crippen molar-refractivity contribution < 1.29 is 17.6 Å². The fourth-order valence-electron chi connectivity index (χ4n) is 2.70. The van der Waals surface area contributed by atoms with E-state index in [9.17, 15) is 17.6 Å². The molecule has 2 heterocycles. The van der Waals surface area contributed by atoms with Crippen molar-refractivity contribution in [1.82, 2.24) is 14.7 Å². The van der Waals surface area contributed by atoms with Gasteiger partial charge in [0.1, 0.15) is 5.82 Å². The van der Waals surface area contributed by atoms with E-state index in [-0.39, 0.29) is 27.7 Å². The van der Waals surface area contributed by atoms with Crippen molar-refractivity contribution in [2.75, 3.05) is 4.72 Å². The third-order valence-corrected chi connectivity index (χ3v) is 6.65. The predicted molar refractivity (Wildman–Crippen MR) is 113 cm³/mol. The lowest BCUT2D eigenvalue weighted by Gasteiger charge is -2.11. The summed E-state index contributed by atoms with van der Waals surface area (Å²) in [7, 11) is -4.00. The number of carbonyl (C=O) groups is 1. The molecule has 2 aromatic carbocycles. The van der Waals surface area contributed by atoms with E-state index >= 15 is 0 Å². The molecule has 0 atom stereocenters. The number of aromatic nitrogens is 2. The number of nitrogens with zero attached hydrogens (tertiary/aromatic N) is 2. The molecule has 0 unspecified atom stereocenters. The van der Waals surface area contributed by atoms with E-state index in [2.05, 4.69) is 15.0 Å². The predicted octanol–water partition coefficient (Wildman–Crippen LogP) is 3.92. The summed E-state index contributed by atoms with van der Waals surface area (Å²) in [4.78, 5) is 17.6. The molecular formula is C19H14ClFN4O3S2. The number of rotatable bonds is 6. The number of benzene rings is 2. The van der Waals surface area contributed by atoms with Gasteiger partial charge in [0.15, 0.2) is 4.96 Å². The lowest BCUT2D eigenvalue weighted by Crippen LogP contribution is -2.23. The number of nitrogens with one attached hydrogen (secondary N) is 2. The third kappa shape index (κ3) is 4.30. The average molecular weight is 465 g/mol. The molecule has 4 rings (SSSR count). The number of thiazole rings is 1. The van der Waals surface area contributed by atoms with Gasteiger partial charge in [-0.1, -0.05) is 11.6 Å². The van der Waals surface area contributed by atoms with Crippen molar-refractivity contribution in [1.29, 1.82) is 0 Å². The maximum Gasteiger partial charge on any atom is 0.261 e. The molecule has 1 amide bonds. The second-order valence-corrected chi connectivity index (χ2v) is 9.22. The highest BCUT2D eigenvalue weighted by molar-refractivity contribution is 7.92. The molecule has 0 spiro atoms. The van der Waals surface area contributed by atoms with E-state index in [0.717, 1.165) is 29.2 Å². The van der Waals surface area contributed by atoms with Crippen LogP contribution in [0.4, 0.5) is 10.1 Å². The number of fused-ring (bicyclic) bond motifs is 1. The van der Waals surface area contributed by atoms with E-state index in [1.54, 1.807) is 0 Å². The molecule has 30 heavy (non-hydrogen) atoms. The third-order valence-electron chi connectivity index (χ3n) is 4.17. The number of carbonyl (C=O) groups excluding carboxylic acids is 1. The van der Waals surface area contributed by atoms with Crippen molar-refractivity contribution in [2.24, 2.45) is 0 Å². The summed E-state index contributed by atoms with van der Waals surface area (Å²) in [6, 6.07) is 8.60. The van der Waals surface area contributed by atoms with Crippen molar-refractivity contribution in [2.45, 2.75) is 11.4 Å². The Bertz CT molecular complexity index is 1310. The molecule has 0 saturated heterocycles. The average Bonchev–Trinajstić information content (AvgIpc) is 3.30. The Morgan fingerprint density at radius 3 is 2.70 bits per heavy atom. The van der Waals surface area contributed by atoms with Gasteiger partial charge in [-0.05, 0) is 42.5 Å². The van der Waals surface area contributed by atoms with Gasteiger partial charge in [0.2, 0.25) is 0 Å². The second-order valence-electron chi connectivity index (χ2n) is 6.26. The quantitative estimate of drug-likeness (QED) is 0.452. The molecule has 2 N–H and O–H groups in total. The normalized spacial score (nSPS) is 11.5. The molecule has 154 valence electrons. The van der Waals surface area contributed by atoms with E-state index < -0.39 is 21.7 Å². The van der Waals surface area contributed by atoms with Gasteiger partial charge in [-0.15, -0.1) is 11.3 Å². The largest absolute Gasteiger partial charge is 0.346 e. The van der Waals surface area contributed by atoms with E-state index in [0.29, 0.717) is 5.69 Å². The molecule has 11 heteroatoms. The SMILES string of the molecule is O=C(NCc1cn2ccsc2n1)c1ccc(Cl)c(NS(=O)(=O)c2ccc(F)cc2)c1. The van der Waals surface area contributed by atoms with Crippen LogP contribution in [0, 0.1) is 5.82 Å². The molecular weight excluding hydrogens is 451 g/mol. The van der Waals surface area contributed by atoms with Gasteiger partial charge in [-0.25, -0.2) is 17.8 Å². The number of hydrogen-bond donors (Lipinski definition) is 2. The number of sulfonamides is 1. The number of imidazole rings is 1. The molecule has 2 aromatic heterocycles. The molecule has 0 aliphatic rings. The molecule has 0 aliphatic carbocycles. The van der Waals surface area contributed by atoms with Gasteiger partial charge < -0.3 is 5.32 Å². The fourth-order valence-corrected chi connectivity index (χ4v) is 4.71. The standard InChI is InChI=1S/C19H14ClFN4O3S2/c20-16-6-1-12(18(26)22-10-14-11-25-7-8-29-19(25)23-14)9-17(16)24-30(27,28)15-4-2-13(21)3-5-15/h1-9,11,24H,10H2,(H,22,26). The lowest BCUT2D eigenvalue weighted by atomic mass is 10.2. The number of amides is 1. The zero-order valence-electron chi connectivity index (χ0n) is 15.2. The Morgan fingerprint density at radius 2 is 1.97 bits per heavy atom. The molecule has 0 saturated carbocycles. The maximum absolute atomic E-state index is 13.1. The summed E-state index contributed by atoms with van der Waals surface area (Å²) in [5.74, 6) is -0.964. The molecule has 0 aliphatic heterocycles. The second kappa shape index (κ2) is 8.05. The minimum absolute atomic E-state index is 0.0381.